The highest BCUT2D eigenvalue weighted by Gasteiger charge is 2.13. The van der Waals surface area contributed by atoms with Gasteiger partial charge < -0.3 is 10.1 Å². The second kappa shape index (κ2) is 6.04. The molecule has 0 aliphatic heterocycles. The molecule has 0 atom stereocenters. The Labute approximate surface area is 126 Å². The molecule has 0 spiro atoms. The van der Waals surface area contributed by atoms with Crippen LogP contribution < -0.4 is 10.1 Å². The number of tetrazole rings is 1. The van der Waals surface area contributed by atoms with Gasteiger partial charge in [-0.25, -0.2) is 0 Å². The molecular formula is C15H13N5O2. The Hall–Kier alpha value is -3.22. The lowest BCUT2D eigenvalue weighted by atomic mass is 10.1. The van der Waals surface area contributed by atoms with Crippen molar-refractivity contribution in [3.8, 4) is 11.4 Å². The fraction of sp³-hybridized carbons (Fsp3) is 0.0667. The molecule has 0 radical (unpaired) electrons. The van der Waals surface area contributed by atoms with Crippen LogP contribution in [0.1, 0.15) is 10.4 Å². The number of carbonyl (C=O) groups excluding carboxylic acids is 1. The minimum Gasteiger partial charge on any atom is -0.497 e. The number of para-hydroxylation sites is 1. The van der Waals surface area contributed by atoms with E-state index in [-0.39, 0.29) is 5.91 Å². The van der Waals surface area contributed by atoms with Crippen LogP contribution in [0.5, 0.6) is 5.75 Å². The van der Waals surface area contributed by atoms with Gasteiger partial charge in [0.15, 0.2) is 0 Å². The molecule has 0 bridgehead atoms. The van der Waals surface area contributed by atoms with Gasteiger partial charge in [0.05, 0.1) is 18.4 Å². The van der Waals surface area contributed by atoms with E-state index in [1.54, 1.807) is 49.6 Å². The monoisotopic (exact) mass is 295 g/mol. The van der Waals surface area contributed by atoms with Crippen molar-refractivity contribution >= 4 is 11.6 Å². The molecule has 0 unspecified atom stereocenters. The quantitative estimate of drug-likeness (QED) is 0.795. The van der Waals surface area contributed by atoms with Gasteiger partial charge >= 0.3 is 0 Å². The van der Waals surface area contributed by atoms with Crippen molar-refractivity contribution in [2.24, 2.45) is 0 Å². The Bertz CT molecular complexity index is 769. The molecule has 110 valence electrons. The lowest BCUT2D eigenvalue weighted by Gasteiger charge is -2.09. The number of ether oxygens (including phenoxy) is 1. The summed E-state index contributed by atoms with van der Waals surface area (Å²) in [4.78, 5) is 12.5. The second-order valence-corrected chi connectivity index (χ2v) is 4.45. The van der Waals surface area contributed by atoms with E-state index < -0.39 is 0 Å². The summed E-state index contributed by atoms with van der Waals surface area (Å²) in [6.45, 7) is 0. The van der Waals surface area contributed by atoms with E-state index in [4.69, 9.17) is 4.74 Å². The lowest BCUT2D eigenvalue weighted by Crippen LogP contribution is -2.15. The van der Waals surface area contributed by atoms with Gasteiger partial charge in [0.25, 0.3) is 5.91 Å². The number of methoxy groups -OCH3 is 1. The topological polar surface area (TPSA) is 81.9 Å². The maximum absolute atomic E-state index is 12.5. The number of rotatable bonds is 4. The molecule has 1 aromatic heterocycles. The normalized spacial score (nSPS) is 10.2. The molecule has 1 amide bonds. The number of hydrogen-bond acceptors (Lipinski definition) is 5. The molecule has 3 aromatic rings. The standard InChI is InChI=1S/C15H13N5O2/c1-22-12-8-6-11(7-9-12)17-15(21)13-4-2-3-5-14(13)20-10-16-18-19-20/h2-10H,1H3,(H,17,21). The molecule has 0 saturated heterocycles. The highest BCUT2D eigenvalue weighted by molar-refractivity contribution is 6.06. The number of hydrogen-bond donors (Lipinski definition) is 1. The van der Waals surface area contributed by atoms with Crippen LogP contribution in [0.3, 0.4) is 0 Å². The summed E-state index contributed by atoms with van der Waals surface area (Å²) < 4.78 is 6.54. The van der Waals surface area contributed by atoms with Crippen molar-refractivity contribution in [3.05, 3.63) is 60.4 Å². The van der Waals surface area contributed by atoms with Gasteiger partial charge in [0, 0.05) is 5.69 Å². The molecular weight excluding hydrogens is 282 g/mol. The molecule has 1 N–H and O–H groups in total. The van der Waals surface area contributed by atoms with Gasteiger partial charge in [-0.1, -0.05) is 12.1 Å². The summed E-state index contributed by atoms with van der Waals surface area (Å²) in [6.07, 6.45) is 1.44. The van der Waals surface area contributed by atoms with Gasteiger partial charge in [-0.2, -0.15) is 4.68 Å². The Kier molecular flexibility index (Phi) is 3.78. The fourth-order valence-electron chi connectivity index (χ4n) is 2.01. The molecule has 0 aliphatic carbocycles. The zero-order valence-electron chi connectivity index (χ0n) is 11.8. The minimum atomic E-state index is -0.240. The van der Waals surface area contributed by atoms with E-state index in [9.17, 15) is 4.79 Å². The summed E-state index contributed by atoms with van der Waals surface area (Å²) >= 11 is 0. The average molecular weight is 295 g/mol. The summed E-state index contributed by atoms with van der Waals surface area (Å²) in [5, 5.41) is 13.8. The largest absolute Gasteiger partial charge is 0.497 e. The van der Waals surface area contributed by atoms with Crippen LogP contribution in [0, 0.1) is 0 Å². The summed E-state index contributed by atoms with van der Waals surface area (Å²) in [5.74, 6) is 0.489. The first-order valence-electron chi connectivity index (χ1n) is 6.56. The van der Waals surface area contributed by atoms with Crippen LogP contribution in [0.4, 0.5) is 5.69 Å². The van der Waals surface area contributed by atoms with Gasteiger partial charge in [-0.3, -0.25) is 4.79 Å². The van der Waals surface area contributed by atoms with Crippen molar-refractivity contribution < 1.29 is 9.53 Å². The van der Waals surface area contributed by atoms with E-state index in [1.807, 2.05) is 6.07 Å². The van der Waals surface area contributed by atoms with Crippen LogP contribution in [0.25, 0.3) is 5.69 Å². The molecule has 2 aromatic carbocycles. The maximum Gasteiger partial charge on any atom is 0.257 e. The molecule has 1 heterocycles. The Balaban J connectivity index is 1.86. The zero-order chi connectivity index (χ0) is 15.4. The van der Waals surface area contributed by atoms with Crippen LogP contribution >= 0.6 is 0 Å². The predicted molar refractivity (Wildman–Crippen MR) is 80.1 cm³/mol. The van der Waals surface area contributed by atoms with E-state index in [2.05, 4.69) is 20.8 Å². The van der Waals surface area contributed by atoms with Gasteiger partial charge in [0.2, 0.25) is 0 Å². The smallest absolute Gasteiger partial charge is 0.257 e. The first-order valence-corrected chi connectivity index (χ1v) is 6.56. The van der Waals surface area contributed by atoms with Crippen LogP contribution in [0.2, 0.25) is 0 Å². The number of benzene rings is 2. The van der Waals surface area contributed by atoms with Crippen molar-refractivity contribution in [2.45, 2.75) is 0 Å². The highest BCUT2D eigenvalue weighted by atomic mass is 16.5. The van der Waals surface area contributed by atoms with Crippen LogP contribution in [0.15, 0.2) is 54.9 Å². The summed E-state index contributed by atoms with van der Waals surface area (Å²) in [6, 6.07) is 14.2. The average Bonchev–Trinajstić information content (AvgIpc) is 3.10. The zero-order valence-corrected chi connectivity index (χ0v) is 11.8. The molecule has 7 heteroatoms. The van der Waals surface area contributed by atoms with Crippen molar-refractivity contribution in [2.75, 3.05) is 12.4 Å². The molecule has 3 rings (SSSR count). The Morgan fingerprint density at radius 2 is 1.91 bits per heavy atom. The van der Waals surface area contributed by atoms with Crippen molar-refractivity contribution in [1.82, 2.24) is 20.2 Å². The van der Waals surface area contributed by atoms with Crippen molar-refractivity contribution in [3.63, 3.8) is 0 Å². The molecule has 0 saturated carbocycles. The first kappa shape index (κ1) is 13.7. The van der Waals surface area contributed by atoms with Crippen molar-refractivity contribution in [1.29, 1.82) is 0 Å². The van der Waals surface area contributed by atoms with Crippen LogP contribution in [-0.2, 0) is 0 Å². The third-order valence-electron chi connectivity index (χ3n) is 3.09. The Morgan fingerprint density at radius 1 is 1.14 bits per heavy atom. The lowest BCUT2D eigenvalue weighted by molar-refractivity contribution is 0.102. The number of aromatic nitrogens is 4. The molecule has 0 fully saturated rings. The predicted octanol–water partition coefficient (Wildman–Crippen LogP) is 1.92. The number of nitrogens with zero attached hydrogens (tertiary/aromatic N) is 4. The first-order chi connectivity index (χ1) is 10.8. The number of nitrogens with one attached hydrogen (secondary N) is 1. The van der Waals surface area contributed by atoms with Crippen LogP contribution in [-0.4, -0.2) is 33.2 Å². The molecule has 0 aliphatic rings. The van der Waals surface area contributed by atoms with Gasteiger partial charge in [-0.05, 0) is 46.8 Å². The van der Waals surface area contributed by atoms with Gasteiger partial charge in [-0.15, -0.1) is 5.10 Å². The number of carbonyl (C=O) groups is 1. The van der Waals surface area contributed by atoms with E-state index in [0.29, 0.717) is 16.9 Å². The van der Waals surface area contributed by atoms with E-state index in [1.165, 1.54) is 11.0 Å². The van der Waals surface area contributed by atoms with E-state index in [0.717, 1.165) is 5.75 Å². The second-order valence-electron chi connectivity index (χ2n) is 4.45. The third-order valence-corrected chi connectivity index (χ3v) is 3.09. The highest BCUT2D eigenvalue weighted by Crippen LogP contribution is 2.18. The third kappa shape index (κ3) is 2.78. The van der Waals surface area contributed by atoms with Gasteiger partial charge in [0.1, 0.15) is 12.1 Å². The fourth-order valence-corrected chi connectivity index (χ4v) is 2.01. The number of anilines is 1. The Morgan fingerprint density at radius 3 is 2.59 bits per heavy atom. The molecule has 22 heavy (non-hydrogen) atoms. The van der Waals surface area contributed by atoms with E-state index >= 15 is 0 Å². The minimum absolute atomic E-state index is 0.240. The maximum atomic E-state index is 12.5. The summed E-state index contributed by atoms with van der Waals surface area (Å²) in [5.41, 5.74) is 1.77. The molecule has 7 nitrogen and oxygen atoms in total. The number of amides is 1. The summed E-state index contributed by atoms with van der Waals surface area (Å²) in [7, 11) is 1.59. The SMILES string of the molecule is COc1ccc(NC(=O)c2ccccc2-n2cnnn2)cc1.